The minimum Gasteiger partial charge on any atom is -0.493 e. The fourth-order valence-corrected chi connectivity index (χ4v) is 4.63. The summed E-state index contributed by atoms with van der Waals surface area (Å²) in [5.41, 5.74) is 10.7. The predicted octanol–water partition coefficient (Wildman–Crippen LogP) is 3.60. The van der Waals surface area contributed by atoms with E-state index in [0.717, 1.165) is 28.0 Å². The van der Waals surface area contributed by atoms with E-state index in [1.54, 1.807) is 18.9 Å². The first-order valence-electron chi connectivity index (χ1n) is 10.5. The maximum atomic E-state index is 13.5. The molecule has 0 saturated heterocycles. The van der Waals surface area contributed by atoms with Crippen LogP contribution in [0, 0.1) is 6.92 Å². The first-order chi connectivity index (χ1) is 15.5. The topological polar surface area (TPSA) is 104 Å². The van der Waals surface area contributed by atoms with Gasteiger partial charge in [0.1, 0.15) is 6.04 Å². The number of rotatable bonds is 4. The van der Waals surface area contributed by atoms with E-state index < -0.39 is 0 Å². The Morgan fingerprint density at radius 3 is 2.47 bits per heavy atom. The molecule has 3 aromatic rings. The van der Waals surface area contributed by atoms with Gasteiger partial charge in [-0.3, -0.25) is 4.79 Å². The molecule has 0 spiro atoms. The van der Waals surface area contributed by atoms with Crippen molar-refractivity contribution in [2.45, 2.75) is 31.7 Å². The highest BCUT2D eigenvalue weighted by Crippen LogP contribution is 2.45. The molecule has 0 radical (unpaired) electrons. The molecule has 2 heterocycles. The Balaban J connectivity index is 1.57. The Morgan fingerprint density at radius 2 is 1.75 bits per heavy atom. The van der Waals surface area contributed by atoms with Gasteiger partial charge in [0.05, 0.1) is 14.2 Å². The molecule has 32 heavy (non-hydrogen) atoms. The monoisotopic (exact) mass is 431 g/mol. The second kappa shape index (κ2) is 7.71. The number of aromatic nitrogens is 3. The van der Waals surface area contributed by atoms with Gasteiger partial charge in [-0.15, -0.1) is 5.10 Å². The summed E-state index contributed by atoms with van der Waals surface area (Å²) >= 11 is 0. The van der Waals surface area contributed by atoms with Gasteiger partial charge in [-0.2, -0.15) is 4.98 Å². The molecule has 2 aromatic carbocycles. The number of nitrogens with two attached hydrogens (primary N) is 1. The summed E-state index contributed by atoms with van der Waals surface area (Å²) in [5.74, 6) is 2.14. The number of ether oxygens (including phenoxy) is 2. The fourth-order valence-electron chi connectivity index (χ4n) is 4.63. The van der Waals surface area contributed by atoms with Crippen LogP contribution in [0.1, 0.15) is 41.5 Å². The lowest BCUT2D eigenvalue weighted by Gasteiger charge is -2.35. The van der Waals surface area contributed by atoms with Gasteiger partial charge in [-0.25, -0.2) is 4.68 Å². The normalized spacial score (nSPS) is 19.8. The molecule has 0 amide bonds. The van der Waals surface area contributed by atoms with Crippen LogP contribution >= 0.6 is 0 Å². The second-order valence-electron chi connectivity index (χ2n) is 8.21. The minimum absolute atomic E-state index is 0.0130. The number of nitrogen functional groups attached to an aromatic ring is 1. The molecule has 2 aliphatic rings. The maximum Gasteiger partial charge on any atom is 0.241 e. The Bertz CT molecular complexity index is 1230. The Hall–Kier alpha value is -3.81. The molecule has 1 aliphatic heterocycles. The summed E-state index contributed by atoms with van der Waals surface area (Å²) in [4.78, 5) is 17.9. The Kier molecular flexibility index (Phi) is 4.84. The summed E-state index contributed by atoms with van der Waals surface area (Å²) in [5, 5.41) is 7.70. The van der Waals surface area contributed by atoms with Crippen LogP contribution in [0.15, 0.2) is 53.7 Å². The number of aryl methyl sites for hydroxylation is 1. The summed E-state index contributed by atoms with van der Waals surface area (Å²) in [6, 6.07) is 13.6. The van der Waals surface area contributed by atoms with E-state index in [2.05, 4.69) is 15.4 Å². The second-order valence-corrected chi connectivity index (χ2v) is 8.21. The number of ketones is 1. The van der Waals surface area contributed by atoms with Crippen LogP contribution in [0.3, 0.4) is 0 Å². The highest BCUT2D eigenvalue weighted by molar-refractivity contribution is 6.00. The van der Waals surface area contributed by atoms with Gasteiger partial charge in [0.25, 0.3) is 0 Å². The average molecular weight is 431 g/mol. The molecule has 1 aromatic heterocycles. The zero-order chi connectivity index (χ0) is 22.4. The third-order valence-electron chi connectivity index (χ3n) is 6.21. The van der Waals surface area contributed by atoms with Gasteiger partial charge in [0, 0.05) is 17.7 Å². The lowest BCUT2D eigenvalue weighted by molar-refractivity contribution is -0.116. The van der Waals surface area contributed by atoms with Crippen molar-refractivity contribution in [3.63, 3.8) is 0 Å². The zero-order valence-electron chi connectivity index (χ0n) is 18.3. The fraction of sp³-hybridized carbons (Fsp3) is 0.292. The van der Waals surface area contributed by atoms with Crippen molar-refractivity contribution in [2.75, 3.05) is 25.3 Å². The predicted molar refractivity (Wildman–Crippen MR) is 121 cm³/mol. The molecular weight excluding hydrogens is 406 g/mol. The highest BCUT2D eigenvalue weighted by Gasteiger charge is 2.39. The van der Waals surface area contributed by atoms with Crippen molar-refractivity contribution in [3.05, 3.63) is 70.4 Å². The van der Waals surface area contributed by atoms with Crippen molar-refractivity contribution in [1.29, 1.82) is 0 Å². The third kappa shape index (κ3) is 3.28. The van der Waals surface area contributed by atoms with Crippen LogP contribution in [0.2, 0.25) is 0 Å². The van der Waals surface area contributed by atoms with Gasteiger partial charge in [-0.1, -0.05) is 35.9 Å². The summed E-state index contributed by atoms with van der Waals surface area (Å²) in [6.07, 6.45) is 1.07. The van der Waals surface area contributed by atoms with Crippen LogP contribution in [0.4, 0.5) is 11.9 Å². The molecule has 164 valence electrons. The molecule has 0 saturated carbocycles. The molecule has 1 aliphatic carbocycles. The summed E-state index contributed by atoms with van der Waals surface area (Å²) in [6.45, 7) is 2.04. The van der Waals surface area contributed by atoms with E-state index in [4.69, 9.17) is 15.2 Å². The largest absolute Gasteiger partial charge is 0.493 e. The molecule has 5 rings (SSSR count). The Morgan fingerprint density at radius 1 is 1.03 bits per heavy atom. The Labute approximate surface area is 186 Å². The number of benzene rings is 2. The standard InChI is InChI=1S/C24H25N5O3/c1-13-4-6-14(7-5-13)22-21-17(26-24-27-23(25)28-29(22)24)10-16(11-18(21)30)15-8-9-19(31-2)20(12-15)32-3/h4-9,12,16,22H,10-11H2,1-3H3,(H3,25,26,27,28)/t16-,22-/m0/s1. The quantitative estimate of drug-likeness (QED) is 0.650. The first-order valence-corrected chi connectivity index (χ1v) is 10.5. The summed E-state index contributed by atoms with van der Waals surface area (Å²) < 4.78 is 12.5. The number of fused-ring (bicyclic) bond motifs is 1. The average Bonchev–Trinajstić information content (AvgIpc) is 3.17. The lowest BCUT2D eigenvalue weighted by atomic mass is 9.78. The van der Waals surface area contributed by atoms with Crippen molar-refractivity contribution in [2.24, 2.45) is 0 Å². The number of Topliss-reactive ketones (excluding diaryl/α,β-unsaturated/α-hetero) is 1. The number of nitrogens with one attached hydrogen (secondary N) is 1. The van der Waals surface area contributed by atoms with E-state index in [0.29, 0.717) is 30.3 Å². The SMILES string of the molecule is COc1ccc([C@@H]2CC(=O)C3=C(C2)Nc2nc(N)nn2[C@H]3c2ccc(C)cc2)cc1OC. The highest BCUT2D eigenvalue weighted by atomic mass is 16.5. The van der Waals surface area contributed by atoms with Gasteiger partial charge in [0.2, 0.25) is 11.9 Å². The molecule has 3 N–H and O–H groups in total. The van der Waals surface area contributed by atoms with Crippen LogP contribution < -0.4 is 20.5 Å². The van der Waals surface area contributed by atoms with Crippen molar-refractivity contribution < 1.29 is 14.3 Å². The van der Waals surface area contributed by atoms with E-state index in [9.17, 15) is 4.79 Å². The molecule has 2 atom stereocenters. The minimum atomic E-state index is -0.356. The molecule has 0 unspecified atom stereocenters. The summed E-state index contributed by atoms with van der Waals surface area (Å²) in [7, 11) is 3.22. The van der Waals surface area contributed by atoms with Gasteiger partial charge >= 0.3 is 0 Å². The number of methoxy groups -OCH3 is 2. The molecule has 0 bridgehead atoms. The van der Waals surface area contributed by atoms with Gasteiger partial charge < -0.3 is 20.5 Å². The van der Waals surface area contributed by atoms with E-state index in [1.807, 2.05) is 49.4 Å². The lowest BCUT2D eigenvalue weighted by Crippen LogP contribution is -2.33. The number of hydrogen-bond acceptors (Lipinski definition) is 7. The van der Waals surface area contributed by atoms with E-state index >= 15 is 0 Å². The molecule has 8 heteroatoms. The number of anilines is 2. The van der Waals surface area contributed by atoms with Crippen LogP contribution in [-0.4, -0.2) is 34.8 Å². The van der Waals surface area contributed by atoms with E-state index in [1.165, 1.54) is 0 Å². The number of carbonyl (C=O) groups excluding carboxylic acids is 1. The van der Waals surface area contributed by atoms with E-state index in [-0.39, 0.29) is 23.7 Å². The van der Waals surface area contributed by atoms with Gasteiger partial charge in [-0.05, 0) is 42.5 Å². The first kappa shape index (κ1) is 20.1. The van der Waals surface area contributed by atoms with Crippen LogP contribution in [0.25, 0.3) is 0 Å². The molecule has 8 nitrogen and oxygen atoms in total. The van der Waals surface area contributed by atoms with Crippen LogP contribution in [-0.2, 0) is 4.79 Å². The number of allylic oxidation sites excluding steroid dienone is 2. The van der Waals surface area contributed by atoms with Gasteiger partial charge in [0.15, 0.2) is 17.3 Å². The molecule has 0 fully saturated rings. The maximum absolute atomic E-state index is 13.5. The smallest absolute Gasteiger partial charge is 0.241 e. The van der Waals surface area contributed by atoms with Crippen LogP contribution in [0.5, 0.6) is 11.5 Å². The number of nitrogens with zero attached hydrogens (tertiary/aromatic N) is 3. The third-order valence-corrected chi connectivity index (χ3v) is 6.21. The zero-order valence-corrected chi connectivity index (χ0v) is 18.3. The number of hydrogen-bond donors (Lipinski definition) is 2. The number of carbonyl (C=O) groups is 1. The van der Waals surface area contributed by atoms with Crippen molar-refractivity contribution in [1.82, 2.24) is 14.8 Å². The van der Waals surface area contributed by atoms with Crippen molar-refractivity contribution >= 4 is 17.7 Å². The molecular formula is C24H25N5O3. The van der Waals surface area contributed by atoms with Crippen molar-refractivity contribution in [3.8, 4) is 11.5 Å².